The first-order chi connectivity index (χ1) is 17.2. The number of carbonyl (C=O) groups is 2. The number of hydrogen-bond donors (Lipinski definition) is 3. The number of carbonyl (C=O) groups excluding carboxylic acids is 2. The molecule has 2 aliphatic rings. The van der Waals surface area contributed by atoms with E-state index in [2.05, 4.69) is 4.98 Å². The van der Waals surface area contributed by atoms with Gasteiger partial charge in [-0.05, 0) is 72.2 Å². The van der Waals surface area contributed by atoms with E-state index in [-0.39, 0.29) is 30.1 Å². The van der Waals surface area contributed by atoms with Crippen molar-refractivity contribution >= 4 is 23.5 Å². The van der Waals surface area contributed by atoms with E-state index in [9.17, 15) is 24.9 Å². The second kappa shape index (κ2) is 10.8. The predicted molar refractivity (Wildman–Crippen MR) is 137 cm³/mol. The van der Waals surface area contributed by atoms with Crippen LogP contribution >= 0.6 is 0 Å². The summed E-state index contributed by atoms with van der Waals surface area (Å²) in [7, 11) is 1.49. The molecule has 7 nitrogen and oxygen atoms in total. The molecule has 2 amide bonds. The Bertz CT molecular complexity index is 1190. The zero-order valence-electron chi connectivity index (χ0n) is 21.0. The lowest BCUT2D eigenvalue weighted by atomic mass is 9.66. The molecule has 1 saturated heterocycles. The van der Waals surface area contributed by atoms with Crippen LogP contribution in [0.4, 0.5) is 0 Å². The van der Waals surface area contributed by atoms with Crippen molar-refractivity contribution in [2.45, 2.75) is 39.2 Å². The number of phenolic OH excluding ortho intramolecular Hbond substituents is 1. The summed E-state index contributed by atoms with van der Waals surface area (Å²) in [6.07, 6.45) is 4.04. The summed E-state index contributed by atoms with van der Waals surface area (Å²) in [4.78, 5) is 31.3. The predicted octanol–water partition coefficient (Wildman–Crippen LogP) is 3.66. The highest BCUT2D eigenvalue weighted by Crippen LogP contribution is 2.47. The fraction of sp³-hybridized carbons (Fsp3) is 0.414. The number of aliphatic hydroxyl groups excluding tert-OH is 2. The first-order valence-electron chi connectivity index (χ1n) is 12.5. The van der Waals surface area contributed by atoms with Gasteiger partial charge in [-0.1, -0.05) is 37.6 Å². The molecule has 190 valence electrons. The minimum absolute atomic E-state index is 0.0663. The largest absolute Gasteiger partial charge is 0.508 e. The third kappa shape index (κ3) is 4.99. The number of hydrogen-bond acceptors (Lipinski definition) is 6. The number of aromatic hydroxyl groups is 1. The number of amides is 2. The minimum atomic E-state index is -0.884. The second-order valence-corrected chi connectivity index (χ2v) is 10.0. The van der Waals surface area contributed by atoms with Crippen LogP contribution in [0.25, 0.3) is 11.6 Å². The Labute approximate surface area is 211 Å². The van der Waals surface area contributed by atoms with Gasteiger partial charge in [-0.2, -0.15) is 0 Å². The normalized spacial score (nSPS) is 23.4. The van der Waals surface area contributed by atoms with E-state index in [1.165, 1.54) is 11.9 Å². The molecule has 7 heteroatoms. The van der Waals surface area contributed by atoms with Crippen molar-refractivity contribution in [1.82, 2.24) is 9.88 Å². The van der Waals surface area contributed by atoms with Gasteiger partial charge >= 0.3 is 0 Å². The lowest BCUT2D eigenvalue weighted by Gasteiger charge is -2.38. The van der Waals surface area contributed by atoms with E-state index in [1.807, 2.05) is 44.2 Å². The molecule has 2 heterocycles. The number of pyridine rings is 1. The summed E-state index contributed by atoms with van der Waals surface area (Å²) in [6, 6.07) is 12.6. The Morgan fingerprint density at radius 2 is 1.94 bits per heavy atom. The lowest BCUT2D eigenvalue weighted by Crippen LogP contribution is -2.39. The summed E-state index contributed by atoms with van der Waals surface area (Å²) in [5.74, 6) is -1.97. The molecule has 1 aromatic heterocycles. The molecule has 2 aromatic rings. The maximum Gasteiger partial charge on any atom is 0.233 e. The van der Waals surface area contributed by atoms with Gasteiger partial charge in [0.25, 0.3) is 0 Å². The summed E-state index contributed by atoms with van der Waals surface area (Å²) >= 11 is 0. The first kappa shape index (κ1) is 25.8. The molecule has 4 atom stereocenters. The zero-order chi connectivity index (χ0) is 26.0. The van der Waals surface area contributed by atoms with Gasteiger partial charge in [-0.15, -0.1) is 0 Å². The maximum absolute atomic E-state index is 12.9. The third-order valence-electron chi connectivity index (χ3n) is 7.49. The van der Waals surface area contributed by atoms with E-state index >= 15 is 0 Å². The van der Waals surface area contributed by atoms with Crippen LogP contribution in [0.2, 0.25) is 0 Å². The maximum atomic E-state index is 12.9. The molecule has 4 rings (SSSR count). The van der Waals surface area contributed by atoms with Gasteiger partial charge in [0.2, 0.25) is 11.8 Å². The Morgan fingerprint density at radius 1 is 1.17 bits per heavy atom. The highest BCUT2D eigenvalue weighted by atomic mass is 16.3. The monoisotopic (exact) mass is 490 g/mol. The van der Waals surface area contributed by atoms with Crippen LogP contribution in [0.3, 0.4) is 0 Å². The fourth-order valence-electron chi connectivity index (χ4n) is 5.69. The van der Waals surface area contributed by atoms with Gasteiger partial charge in [-0.25, -0.2) is 0 Å². The highest BCUT2D eigenvalue weighted by Gasteiger charge is 2.53. The van der Waals surface area contributed by atoms with Crippen molar-refractivity contribution in [2.24, 2.45) is 23.7 Å². The second-order valence-electron chi connectivity index (χ2n) is 10.0. The van der Waals surface area contributed by atoms with Crippen molar-refractivity contribution in [3.8, 4) is 5.75 Å². The molecule has 36 heavy (non-hydrogen) atoms. The van der Waals surface area contributed by atoms with Crippen LogP contribution in [-0.4, -0.2) is 56.8 Å². The Balaban J connectivity index is 1.65. The molecule has 0 radical (unpaired) electrons. The lowest BCUT2D eigenvalue weighted by molar-refractivity contribution is -0.138. The van der Waals surface area contributed by atoms with Gasteiger partial charge in [0.05, 0.1) is 30.2 Å². The van der Waals surface area contributed by atoms with E-state index < -0.39 is 23.9 Å². The number of allylic oxidation sites excluding steroid dienone is 2. The van der Waals surface area contributed by atoms with Crippen molar-refractivity contribution in [3.05, 3.63) is 71.1 Å². The van der Waals surface area contributed by atoms with Crippen molar-refractivity contribution in [1.29, 1.82) is 0 Å². The molecule has 1 aromatic carbocycles. The molecule has 0 spiro atoms. The van der Waals surface area contributed by atoms with Crippen molar-refractivity contribution in [2.75, 3.05) is 13.7 Å². The molecule has 0 unspecified atom stereocenters. The molecule has 0 saturated carbocycles. The highest BCUT2D eigenvalue weighted by molar-refractivity contribution is 6.05. The van der Waals surface area contributed by atoms with Crippen molar-refractivity contribution < 1.29 is 24.9 Å². The number of rotatable bonds is 8. The number of nitrogens with zero attached hydrogens (tertiary/aromatic N) is 2. The van der Waals surface area contributed by atoms with Crippen LogP contribution in [0.5, 0.6) is 5.75 Å². The number of benzene rings is 1. The average molecular weight is 491 g/mol. The molecule has 0 bridgehead atoms. The fourth-order valence-corrected chi connectivity index (χ4v) is 5.69. The number of likely N-dealkylation sites (tertiary alicyclic amines) is 1. The third-order valence-corrected chi connectivity index (χ3v) is 7.49. The summed E-state index contributed by atoms with van der Waals surface area (Å²) in [5.41, 5.74) is 4.14. The van der Waals surface area contributed by atoms with Crippen LogP contribution in [0.15, 0.2) is 59.8 Å². The number of fused-ring (bicyclic) bond motifs is 1. The smallest absolute Gasteiger partial charge is 0.233 e. The standard InChI is InChI=1S/C29H34N2O5/c1-17(2)21-15-22-27(29(36)31(3)28(22)35)23(16-32)26(21)25(34)11-10-19(24-9-4-5-12-30-24)13-18-7-6-8-20(33)14-18/h4-9,12-14,17,22-23,25,27,32-34H,10-11,15-16H2,1-3H3/b19-13-/t22-,23+,25-,27-/m1/s1. The minimum Gasteiger partial charge on any atom is -0.508 e. The number of phenols is 1. The van der Waals surface area contributed by atoms with Crippen LogP contribution in [0, 0.1) is 23.7 Å². The van der Waals surface area contributed by atoms with Crippen LogP contribution in [-0.2, 0) is 9.59 Å². The van der Waals surface area contributed by atoms with E-state index in [0.29, 0.717) is 24.8 Å². The van der Waals surface area contributed by atoms with E-state index in [0.717, 1.165) is 22.4 Å². The number of aromatic nitrogens is 1. The number of aliphatic hydroxyl groups is 2. The average Bonchev–Trinajstić information content (AvgIpc) is 3.09. The summed E-state index contributed by atoms with van der Waals surface area (Å²) < 4.78 is 0. The molecule has 1 fully saturated rings. The van der Waals surface area contributed by atoms with Gasteiger partial charge in [0.1, 0.15) is 5.75 Å². The zero-order valence-corrected chi connectivity index (χ0v) is 21.0. The Morgan fingerprint density at radius 3 is 2.58 bits per heavy atom. The van der Waals surface area contributed by atoms with Crippen molar-refractivity contribution in [3.63, 3.8) is 0 Å². The number of imide groups is 1. The SMILES string of the molecule is CC(C)C1=C([C@H](O)CC/C(=C/c2cccc(O)c2)c2ccccn2)[C@H](CO)[C@@H]2C(=O)N(C)C(=O)[C@@H]2C1. The van der Waals surface area contributed by atoms with Gasteiger partial charge in [0.15, 0.2) is 0 Å². The quantitative estimate of drug-likeness (QED) is 0.385. The molecule has 1 aliphatic carbocycles. The summed E-state index contributed by atoms with van der Waals surface area (Å²) in [5, 5.41) is 31.7. The van der Waals surface area contributed by atoms with Gasteiger partial charge in [-0.3, -0.25) is 19.5 Å². The molecule has 1 aliphatic heterocycles. The summed E-state index contributed by atoms with van der Waals surface area (Å²) in [6.45, 7) is 3.73. The molecular formula is C29H34N2O5. The van der Waals surface area contributed by atoms with Crippen LogP contribution in [0.1, 0.15) is 44.4 Å². The van der Waals surface area contributed by atoms with Gasteiger partial charge < -0.3 is 15.3 Å². The topological polar surface area (TPSA) is 111 Å². The Hall–Kier alpha value is -3.29. The van der Waals surface area contributed by atoms with Crippen LogP contribution < -0.4 is 0 Å². The van der Waals surface area contributed by atoms with E-state index in [4.69, 9.17) is 0 Å². The van der Waals surface area contributed by atoms with Gasteiger partial charge in [0, 0.05) is 19.2 Å². The molecular weight excluding hydrogens is 456 g/mol. The first-order valence-corrected chi connectivity index (χ1v) is 12.5. The Kier molecular flexibility index (Phi) is 7.71. The van der Waals surface area contributed by atoms with E-state index in [1.54, 1.807) is 24.4 Å². The molecule has 3 N–H and O–H groups in total.